The summed E-state index contributed by atoms with van der Waals surface area (Å²) in [5.74, 6) is -0.513. The van der Waals surface area contributed by atoms with Crippen LogP contribution in [0.2, 0.25) is 0 Å². The highest BCUT2D eigenvalue weighted by Crippen LogP contribution is 2.23. The van der Waals surface area contributed by atoms with Crippen LogP contribution in [0.4, 0.5) is 4.39 Å². The molecular formula is C20H17FN6O. The van der Waals surface area contributed by atoms with Crippen molar-refractivity contribution in [2.45, 2.75) is 6.54 Å². The van der Waals surface area contributed by atoms with Gasteiger partial charge in [-0.1, -0.05) is 6.07 Å². The molecule has 0 atom stereocenters. The third kappa shape index (κ3) is 3.52. The molecule has 0 aliphatic heterocycles. The molecule has 0 unspecified atom stereocenters. The van der Waals surface area contributed by atoms with E-state index in [1.807, 2.05) is 18.2 Å². The summed E-state index contributed by atoms with van der Waals surface area (Å²) in [6.07, 6.45) is 3.34. The van der Waals surface area contributed by atoms with E-state index in [-0.39, 0.29) is 11.7 Å². The number of hydrogen-bond donors (Lipinski definition) is 2. The fourth-order valence-corrected chi connectivity index (χ4v) is 2.91. The van der Waals surface area contributed by atoms with Gasteiger partial charge >= 0.3 is 0 Å². The van der Waals surface area contributed by atoms with Crippen molar-refractivity contribution < 1.29 is 9.18 Å². The second kappa shape index (κ2) is 7.43. The van der Waals surface area contributed by atoms with Crippen molar-refractivity contribution in [1.82, 2.24) is 30.3 Å². The number of carbonyl (C=O) groups excluding carboxylic acids is 1. The molecule has 8 heteroatoms. The molecule has 0 bridgehead atoms. The molecule has 2 N–H and O–H groups in total. The molecular weight excluding hydrogens is 359 g/mol. The summed E-state index contributed by atoms with van der Waals surface area (Å²) in [6, 6.07) is 13.3. The summed E-state index contributed by atoms with van der Waals surface area (Å²) in [7, 11) is 1.70. The maximum Gasteiger partial charge on any atom is 0.271 e. The van der Waals surface area contributed by atoms with Crippen LogP contribution in [0.1, 0.15) is 16.1 Å². The van der Waals surface area contributed by atoms with Crippen molar-refractivity contribution in [3.63, 3.8) is 0 Å². The third-order valence-corrected chi connectivity index (χ3v) is 4.34. The molecule has 28 heavy (non-hydrogen) atoms. The van der Waals surface area contributed by atoms with E-state index in [1.54, 1.807) is 42.5 Å². The minimum atomic E-state index is -0.305. The number of benzene rings is 1. The molecule has 3 heterocycles. The zero-order chi connectivity index (χ0) is 19.5. The van der Waals surface area contributed by atoms with E-state index in [4.69, 9.17) is 0 Å². The largest absolute Gasteiger partial charge is 0.336 e. The summed E-state index contributed by atoms with van der Waals surface area (Å²) in [5, 5.41) is 13.9. The number of amides is 1. The van der Waals surface area contributed by atoms with Gasteiger partial charge in [-0.15, -0.1) is 0 Å². The Morgan fingerprint density at radius 1 is 1.11 bits per heavy atom. The van der Waals surface area contributed by atoms with Crippen LogP contribution in [0.5, 0.6) is 0 Å². The highest BCUT2D eigenvalue weighted by molar-refractivity contribution is 5.93. The van der Waals surface area contributed by atoms with Crippen molar-refractivity contribution in [3.05, 3.63) is 78.0 Å². The van der Waals surface area contributed by atoms with Crippen LogP contribution < -0.4 is 0 Å². The molecule has 0 saturated heterocycles. The fourth-order valence-electron chi connectivity index (χ4n) is 2.91. The molecule has 0 fully saturated rings. The number of carbonyl (C=O) groups is 1. The average Bonchev–Trinajstić information content (AvgIpc) is 3.38. The summed E-state index contributed by atoms with van der Waals surface area (Å²) in [5.41, 5.74) is 4.04. The lowest BCUT2D eigenvalue weighted by Crippen LogP contribution is -2.26. The zero-order valence-corrected chi connectivity index (χ0v) is 15.1. The predicted octanol–water partition coefficient (Wildman–Crippen LogP) is 3.27. The molecule has 0 saturated carbocycles. The van der Waals surface area contributed by atoms with E-state index in [9.17, 15) is 9.18 Å². The highest BCUT2D eigenvalue weighted by Gasteiger charge is 2.18. The minimum absolute atomic E-state index is 0.207. The lowest BCUT2D eigenvalue weighted by Gasteiger charge is -2.16. The van der Waals surface area contributed by atoms with Crippen molar-refractivity contribution in [2.75, 3.05) is 7.05 Å². The Kier molecular flexibility index (Phi) is 4.67. The maximum atomic E-state index is 13.2. The van der Waals surface area contributed by atoms with Crippen LogP contribution in [0.25, 0.3) is 22.6 Å². The first kappa shape index (κ1) is 17.6. The van der Waals surface area contributed by atoms with Crippen LogP contribution in [-0.2, 0) is 6.54 Å². The lowest BCUT2D eigenvalue weighted by molar-refractivity contribution is 0.0779. The van der Waals surface area contributed by atoms with Gasteiger partial charge in [0.1, 0.15) is 17.2 Å². The molecule has 4 rings (SSSR count). The van der Waals surface area contributed by atoms with Gasteiger partial charge in [-0.2, -0.15) is 10.2 Å². The van der Waals surface area contributed by atoms with E-state index in [0.717, 1.165) is 16.8 Å². The smallest absolute Gasteiger partial charge is 0.271 e. The van der Waals surface area contributed by atoms with Gasteiger partial charge in [0.25, 0.3) is 5.91 Å². The number of H-pyrrole nitrogens is 2. The number of aromatic amines is 2. The highest BCUT2D eigenvalue weighted by atomic mass is 19.1. The number of nitrogens with zero attached hydrogens (tertiary/aromatic N) is 4. The van der Waals surface area contributed by atoms with Gasteiger partial charge in [0, 0.05) is 30.9 Å². The first-order valence-corrected chi connectivity index (χ1v) is 8.62. The molecule has 0 aliphatic rings. The minimum Gasteiger partial charge on any atom is -0.336 e. The first-order valence-electron chi connectivity index (χ1n) is 8.62. The number of nitrogens with one attached hydrogen (secondary N) is 2. The van der Waals surface area contributed by atoms with Gasteiger partial charge in [-0.25, -0.2) is 4.39 Å². The molecule has 7 nitrogen and oxygen atoms in total. The van der Waals surface area contributed by atoms with Gasteiger partial charge in [0.05, 0.1) is 17.6 Å². The van der Waals surface area contributed by atoms with Crippen LogP contribution in [-0.4, -0.2) is 43.2 Å². The van der Waals surface area contributed by atoms with E-state index >= 15 is 0 Å². The van der Waals surface area contributed by atoms with E-state index in [0.29, 0.717) is 23.6 Å². The fraction of sp³-hybridized carbons (Fsp3) is 0.100. The normalized spacial score (nSPS) is 10.8. The Hall–Kier alpha value is -3.81. The molecule has 1 aromatic carbocycles. The number of hydrogen-bond acceptors (Lipinski definition) is 4. The first-order chi connectivity index (χ1) is 13.6. The van der Waals surface area contributed by atoms with Gasteiger partial charge in [0.15, 0.2) is 0 Å². The molecule has 3 aromatic heterocycles. The van der Waals surface area contributed by atoms with Gasteiger partial charge in [-0.05, 0) is 42.5 Å². The second-order valence-corrected chi connectivity index (χ2v) is 6.32. The quantitative estimate of drug-likeness (QED) is 0.559. The molecule has 4 aromatic rings. The zero-order valence-electron chi connectivity index (χ0n) is 15.1. The van der Waals surface area contributed by atoms with Crippen molar-refractivity contribution >= 4 is 5.91 Å². The number of aromatic nitrogens is 5. The van der Waals surface area contributed by atoms with Crippen molar-refractivity contribution in [1.29, 1.82) is 0 Å². The summed E-state index contributed by atoms with van der Waals surface area (Å²) in [6.45, 7) is 0.333. The molecule has 0 aliphatic carbocycles. The van der Waals surface area contributed by atoms with Crippen LogP contribution in [0.15, 0.2) is 60.9 Å². The Morgan fingerprint density at radius 2 is 1.93 bits per heavy atom. The van der Waals surface area contributed by atoms with Gasteiger partial charge < -0.3 is 4.90 Å². The molecule has 0 spiro atoms. The summed E-state index contributed by atoms with van der Waals surface area (Å²) >= 11 is 0. The van der Waals surface area contributed by atoms with Crippen LogP contribution in [0, 0.1) is 5.82 Å². The van der Waals surface area contributed by atoms with Crippen LogP contribution in [0.3, 0.4) is 0 Å². The van der Waals surface area contributed by atoms with Crippen LogP contribution >= 0.6 is 0 Å². The SMILES string of the molecule is CN(Cc1cn[nH]c1-c1ccc(F)cc1)C(=O)c1cc(-c2ccccn2)n[nH]1. The standard InChI is InChI=1S/C20H17FN6O/c1-27(12-14-11-23-26-19(14)13-5-7-15(21)8-6-13)20(28)18-10-17(24-25-18)16-4-2-3-9-22-16/h2-11H,12H2,1H3,(H,23,26)(H,24,25). The topological polar surface area (TPSA) is 90.6 Å². The second-order valence-electron chi connectivity index (χ2n) is 6.32. The van der Waals surface area contributed by atoms with Crippen molar-refractivity contribution in [2.24, 2.45) is 0 Å². The Bertz CT molecular complexity index is 1090. The Balaban J connectivity index is 1.51. The predicted molar refractivity (Wildman–Crippen MR) is 102 cm³/mol. The molecule has 140 valence electrons. The van der Waals surface area contributed by atoms with Gasteiger partial charge in [-0.3, -0.25) is 20.0 Å². The number of rotatable bonds is 5. The van der Waals surface area contributed by atoms with E-state index in [2.05, 4.69) is 25.4 Å². The Morgan fingerprint density at radius 3 is 2.68 bits per heavy atom. The molecule has 1 amide bonds. The molecule has 0 radical (unpaired) electrons. The van der Waals surface area contributed by atoms with E-state index < -0.39 is 0 Å². The third-order valence-electron chi connectivity index (χ3n) is 4.34. The number of halogens is 1. The summed E-state index contributed by atoms with van der Waals surface area (Å²) in [4.78, 5) is 18.6. The lowest BCUT2D eigenvalue weighted by atomic mass is 10.1. The maximum absolute atomic E-state index is 13.2. The van der Waals surface area contributed by atoms with E-state index in [1.165, 1.54) is 12.1 Å². The van der Waals surface area contributed by atoms with Gasteiger partial charge in [0.2, 0.25) is 0 Å². The summed E-state index contributed by atoms with van der Waals surface area (Å²) < 4.78 is 13.2. The average molecular weight is 376 g/mol. The number of pyridine rings is 1. The van der Waals surface area contributed by atoms with Crippen molar-refractivity contribution in [3.8, 4) is 22.6 Å². The monoisotopic (exact) mass is 376 g/mol. The Labute approximate surface area is 160 Å².